The first-order valence-electron chi connectivity index (χ1n) is 4.82. The third-order valence-corrected chi connectivity index (χ3v) is 1.71. The van der Waals surface area contributed by atoms with Crippen LogP contribution in [0.3, 0.4) is 0 Å². The highest BCUT2D eigenvalue weighted by atomic mass is 16.2. The second-order valence-electron chi connectivity index (χ2n) is 3.31. The summed E-state index contributed by atoms with van der Waals surface area (Å²) >= 11 is 0. The largest absolute Gasteiger partial charge is 0.354 e. The molecule has 0 bridgehead atoms. The van der Waals surface area contributed by atoms with Crippen LogP contribution in [0, 0.1) is 0 Å². The van der Waals surface area contributed by atoms with Gasteiger partial charge in [0.15, 0.2) is 0 Å². The van der Waals surface area contributed by atoms with Crippen LogP contribution >= 0.6 is 0 Å². The third kappa shape index (κ3) is 4.81. The van der Waals surface area contributed by atoms with E-state index in [0.717, 1.165) is 6.42 Å². The van der Waals surface area contributed by atoms with Crippen molar-refractivity contribution in [3.8, 4) is 0 Å². The molecule has 0 fully saturated rings. The predicted molar refractivity (Wildman–Crippen MR) is 54.6 cm³/mol. The molecular weight excluding hydrogens is 182 g/mol. The first kappa shape index (κ1) is 12.9. The maximum absolute atomic E-state index is 11.3. The van der Waals surface area contributed by atoms with Crippen molar-refractivity contribution in [2.75, 3.05) is 6.54 Å². The predicted octanol–water partition coefficient (Wildman–Crippen LogP) is -0.635. The Bertz CT molecular complexity index is 204. The fourth-order valence-electron chi connectivity index (χ4n) is 0.812. The van der Waals surface area contributed by atoms with Gasteiger partial charge in [0, 0.05) is 6.54 Å². The molecule has 0 aliphatic rings. The number of amides is 2. The molecule has 2 atom stereocenters. The van der Waals surface area contributed by atoms with Gasteiger partial charge in [-0.1, -0.05) is 6.92 Å². The van der Waals surface area contributed by atoms with E-state index < -0.39 is 12.1 Å². The minimum atomic E-state index is -0.587. The van der Waals surface area contributed by atoms with Crippen LogP contribution in [0.1, 0.15) is 27.2 Å². The minimum absolute atomic E-state index is 0.180. The Balaban J connectivity index is 3.89. The van der Waals surface area contributed by atoms with Crippen molar-refractivity contribution in [2.24, 2.45) is 5.73 Å². The molecule has 1 unspecified atom stereocenters. The van der Waals surface area contributed by atoms with Crippen LogP contribution in [0.15, 0.2) is 0 Å². The molecule has 0 aliphatic heterocycles. The third-order valence-electron chi connectivity index (χ3n) is 1.71. The summed E-state index contributed by atoms with van der Waals surface area (Å²) < 4.78 is 0. The maximum Gasteiger partial charge on any atom is 0.242 e. The van der Waals surface area contributed by atoms with Gasteiger partial charge in [0.1, 0.15) is 6.04 Å². The maximum atomic E-state index is 11.3. The zero-order valence-corrected chi connectivity index (χ0v) is 8.96. The van der Waals surface area contributed by atoms with Gasteiger partial charge in [-0.15, -0.1) is 0 Å². The number of carbonyl (C=O) groups excluding carboxylic acids is 2. The van der Waals surface area contributed by atoms with Crippen molar-refractivity contribution in [3.05, 3.63) is 0 Å². The van der Waals surface area contributed by atoms with Crippen LogP contribution < -0.4 is 16.4 Å². The van der Waals surface area contributed by atoms with Crippen LogP contribution in [0.4, 0.5) is 0 Å². The quantitative estimate of drug-likeness (QED) is 0.553. The Kier molecular flexibility index (Phi) is 5.87. The summed E-state index contributed by atoms with van der Waals surface area (Å²) in [5.41, 5.74) is 5.34. The van der Waals surface area contributed by atoms with E-state index in [2.05, 4.69) is 10.6 Å². The van der Waals surface area contributed by atoms with Crippen LogP contribution in [0.25, 0.3) is 0 Å². The molecule has 0 aromatic rings. The molecule has 0 heterocycles. The highest BCUT2D eigenvalue weighted by Crippen LogP contribution is 1.85. The SMILES string of the molecule is CCCNC(=O)C(C)NC(=O)[C@@H](C)N. The number of hydrogen-bond acceptors (Lipinski definition) is 3. The van der Waals surface area contributed by atoms with E-state index in [0.29, 0.717) is 6.54 Å². The highest BCUT2D eigenvalue weighted by Gasteiger charge is 2.16. The Morgan fingerprint density at radius 2 is 1.86 bits per heavy atom. The number of carbonyl (C=O) groups is 2. The van der Waals surface area contributed by atoms with Crippen molar-refractivity contribution in [1.82, 2.24) is 10.6 Å². The van der Waals surface area contributed by atoms with E-state index in [9.17, 15) is 9.59 Å². The zero-order valence-electron chi connectivity index (χ0n) is 8.96. The Morgan fingerprint density at radius 1 is 1.29 bits per heavy atom. The van der Waals surface area contributed by atoms with Crippen molar-refractivity contribution < 1.29 is 9.59 Å². The lowest BCUT2D eigenvalue weighted by atomic mass is 10.2. The lowest BCUT2D eigenvalue weighted by Crippen LogP contribution is -2.49. The summed E-state index contributed by atoms with van der Waals surface area (Å²) in [6.07, 6.45) is 0.875. The number of hydrogen-bond donors (Lipinski definition) is 3. The summed E-state index contributed by atoms with van der Waals surface area (Å²) in [5, 5.41) is 5.19. The van der Waals surface area contributed by atoms with Gasteiger partial charge in [0.05, 0.1) is 6.04 Å². The molecule has 5 heteroatoms. The van der Waals surface area contributed by atoms with Crippen LogP contribution in [0.5, 0.6) is 0 Å². The van der Waals surface area contributed by atoms with Crippen LogP contribution in [-0.4, -0.2) is 30.4 Å². The summed E-state index contributed by atoms with van der Waals surface area (Å²) in [7, 11) is 0. The molecule has 0 radical (unpaired) electrons. The number of rotatable bonds is 5. The van der Waals surface area contributed by atoms with E-state index in [-0.39, 0.29) is 11.8 Å². The standard InChI is InChI=1S/C9H19N3O2/c1-4-5-11-9(14)7(3)12-8(13)6(2)10/h6-7H,4-5,10H2,1-3H3,(H,11,14)(H,12,13)/t6-,7?/m1/s1. The van der Waals surface area contributed by atoms with Gasteiger partial charge >= 0.3 is 0 Å². The molecule has 0 aliphatic carbocycles. The second-order valence-corrected chi connectivity index (χ2v) is 3.31. The fourth-order valence-corrected chi connectivity index (χ4v) is 0.812. The molecule has 0 saturated heterocycles. The molecule has 0 aromatic carbocycles. The molecule has 0 saturated carbocycles. The molecule has 4 N–H and O–H groups in total. The van der Waals surface area contributed by atoms with E-state index in [1.807, 2.05) is 6.92 Å². The zero-order chi connectivity index (χ0) is 11.1. The van der Waals surface area contributed by atoms with Gasteiger partial charge in [-0.2, -0.15) is 0 Å². The lowest BCUT2D eigenvalue weighted by molar-refractivity contribution is -0.129. The normalized spacial score (nSPS) is 14.3. The van der Waals surface area contributed by atoms with Crippen molar-refractivity contribution in [1.29, 1.82) is 0 Å². The van der Waals surface area contributed by atoms with Gasteiger partial charge < -0.3 is 16.4 Å². The minimum Gasteiger partial charge on any atom is -0.354 e. The van der Waals surface area contributed by atoms with E-state index >= 15 is 0 Å². The smallest absolute Gasteiger partial charge is 0.242 e. The van der Waals surface area contributed by atoms with Crippen molar-refractivity contribution >= 4 is 11.8 Å². The van der Waals surface area contributed by atoms with E-state index in [1.165, 1.54) is 0 Å². The summed E-state index contributed by atoms with van der Waals surface area (Å²) in [5.74, 6) is -0.495. The molecule has 0 spiro atoms. The van der Waals surface area contributed by atoms with Gasteiger partial charge in [0.25, 0.3) is 0 Å². The summed E-state index contributed by atoms with van der Waals surface area (Å²) in [6, 6.07) is -1.11. The summed E-state index contributed by atoms with van der Waals surface area (Å²) in [4.78, 5) is 22.4. The monoisotopic (exact) mass is 201 g/mol. The molecule has 82 valence electrons. The highest BCUT2D eigenvalue weighted by molar-refractivity contribution is 5.89. The van der Waals surface area contributed by atoms with Gasteiger partial charge in [-0.25, -0.2) is 0 Å². The van der Waals surface area contributed by atoms with Gasteiger partial charge in [0.2, 0.25) is 11.8 Å². The fraction of sp³-hybridized carbons (Fsp3) is 0.778. The molecule has 0 rings (SSSR count). The number of nitrogens with one attached hydrogen (secondary N) is 2. The molecule has 14 heavy (non-hydrogen) atoms. The average Bonchev–Trinajstić information content (AvgIpc) is 2.13. The van der Waals surface area contributed by atoms with Gasteiger partial charge in [-0.05, 0) is 20.3 Å². The molecule has 2 amide bonds. The summed E-state index contributed by atoms with van der Waals surface area (Å²) in [6.45, 7) is 5.79. The Hall–Kier alpha value is -1.10. The lowest BCUT2D eigenvalue weighted by Gasteiger charge is -2.14. The Morgan fingerprint density at radius 3 is 2.29 bits per heavy atom. The Labute approximate surface area is 84.4 Å². The number of nitrogens with two attached hydrogens (primary N) is 1. The molecular formula is C9H19N3O2. The first-order valence-corrected chi connectivity index (χ1v) is 4.82. The van der Waals surface area contributed by atoms with Crippen LogP contribution in [-0.2, 0) is 9.59 Å². The van der Waals surface area contributed by atoms with E-state index in [4.69, 9.17) is 5.73 Å². The average molecular weight is 201 g/mol. The van der Waals surface area contributed by atoms with E-state index in [1.54, 1.807) is 13.8 Å². The molecule has 5 nitrogen and oxygen atoms in total. The van der Waals surface area contributed by atoms with Crippen LogP contribution in [0.2, 0.25) is 0 Å². The van der Waals surface area contributed by atoms with Gasteiger partial charge in [-0.3, -0.25) is 9.59 Å². The topological polar surface area (TPSA) is 84.2 Å². The molecule has 0 aromatic heterocycles. The second kappa shape index (κ2) is 6.37. The first-order chi connectivity index (χ1) is 6.49. The van der Waals surface area contributed by atoms with Crippen molar-refractivity contribution in [3.63, 3.8) is 0 Å². The van der Waals surface area contributed by atoms with Crippen molar-refractivity contribution in [2.45, 2.75) is 39.3 Å².